The lowest BCUT2D eigenvalue weighted by molar-refractivity contribution is 0.479. The minimum absolute atomic E-state index is 0.477. The van der Waals surface area contributed by atoms with Crippen LogP contribution >= 0.6 is 39.1 Å². The summed E-state index contributed by atoms with van der Waals surface area (Å²) in [6, 6.07) is 5.38. The molecule has 0 bridgehead atoms. The van der Waals surface area contributed by atoms with E-state index in [2.05, 4.69) is 25.3 Å². The Hall–Kier alpha value is -0.650. The molecule has 0 fully saturated rings. The van der Waals surface area contributed by atoms with Gasteiger partial charge in [-0.1, -0.05) is 27.5 Å². The minimum atomic E-state index is 0.477. The van der Waals surface area contributed by atoms with Gasteiger partial charge in [0.1, 0.15) is 12.1 Å². The Morgan fingerprint density at radius 3 is 3.00 bits per heavy atom. The normalized spacial score (nSPS) is 10.1. The number of benzene rings is 1. The van der Waals surface area contributed by atoms with Crippen LogP contribution in [0.1, 0.15) is 0 Å². The maximum absolute atomic E-state index is 5.92. The van der Waals surface area contributed by atoms with Crippen molar-refractivity contribution in [3.8, 4) is 10.9 Å². The number of nitrogens with zero attached hydrogens (tertiary/aromatic N) is 2. The van der Waals surface area contributed by atoms with Gasteiger partial charge in [-0.05, 0) is 18.2 Å². The first-order valence-corrected chi connectivity index (χ1v) is 5.60. The fraction of sp³-hybridized carbons (Fsp3) is 0. The largest absolute Gasteiger partial charge is 0.428 e. The molecule has 1 aromatic carbocycles. The molecule has 72 valence electrons. The predicted molar refractivity (Wildman–Crippen MR) is 59.1 cm³/mol. The van der Waals surface area contributed by atoms with Gasteiger partial charge >= 0.3 is 0 Å². The van der Waals surface area contributed by atoms with Gasteiger partial charge in [0.2, 0.25) is 0 Å². The number of halogens is 2. The highest BCUT2D eigenvalue weighted by Crippen LogP contribution is 2.31. The SMILES string of the molecule is Clc1ccc(Br)cc1Oc1ncns1. The summed E-state index contributed by atoms with van der Waals surface area (Å²) >= 11 is 10.4. The molecule has 2 aromatic rings. The second-order valence-corrected chi connectivity index (χ2v) is 4.45. The average Bonchev–Trinajstić information content (AvgIpc) is 2.64. The van der Waals surface area contributed by atoms with E-state index in [0.29, 0.717) is 16.0 Å². The van der Waals surface area contributed by atoms with E-state index < -0.39 is 0 Å². The monoisotopic (exact) mass is 290 g/mol. The number of rotatable bonds is 2. The molecule has 2 rings (SSSR count). The molecular formula is C8H4BrClN2OS. The third-order valence-corrected chi connectivity index (χ3v) is 2.78. The van der Waals surface area contributed by atoms with Crippen LogP contribution in [0.15, 0.2) is 29.0 Å². The van der Waals surface area contributed by atoms with Crippen LogP contribution in [0.25, 0.3) is 0 Å². The number of hydrogen-bond acceptors (Lipinski definition) is 4. The molecule has 6 heteroatoms. The van der Waals surface area contributed by atoms with E-state index in [1.807, 2.05) is 6.07 Å². The zero-order chi connectivity index (χ0) is 9.97. The summed E-state index contributed by atoms with van der Waals surface area (Å²) < 4.78 is 10.1. The average molecular weight is 292 g/mol. The fourth-order valence-electron chi connectivity index (χ4n) is 0.857. The highest BCUT2D eigenvalue weighted by molar-refractivity contribution is 9.10. The lowest BCUT2D eigenvalue weighted by Gasteiger charge is -2.03. The number of hydrogen-bond donors (Lipinski definition) is 0. The van der Waals surface area contributed by atoms with E-state index >= 15 is 0 Å². The van der Waals surface area contributed by atoms with Gasteiger partial charge in [-0.25, -0.2) is 0 Å². The third kappa shape index (κ3) is 2.23. The minimum Gasteiger partial charge on any atom is -0.428 e. The van der Waals surface area contributed by atoms with E-state index in [1.165, 1.54) is 17.9 Å². The molecule has 0 radical (unpaired) electrons. The van der Waals surface area contributed by atoms with Gasteiger partial charge < -0.3 is 4.74 Å². The van der Waals surface area contributed by atoms with Crippen molar-refractivity contribution >= 4 is 39.1 Å². The molecular weight excluding hydrogens is 288 g/mol. The Kier molecular flexibility index (Phi) is 3.00. The Morgan fingerprint density at radius 1 is 1.43 bits per heavy atom. The van der Waals surface area contributed by atoms with Gasteiger partial charge in [0, 0.05) is 16.0 Å². The smallest absolute Gasteiger partial charge is 0.298 e. The second kappa shape index (κ2) is 4.25. The van der Waals surface area contributed by atoms with Gasteiger partial charge in [0.25, 0.3) is 5.19 Å². The van der Waals surface area contributed by atoms with Gasteiger partial charge in [-0.2, -0.15) is 9.36 Å². The van der Waals surface area contributed by atoms with Gasteiger partial charge in [0.05, 0.1) is 5.02 Å². The molecule has 0 unspecified atom stereocenters. The number of aromatic nitrogens is 2. The lowest BCUT2D eigenvalue weighted by atomic mass is 10.3. The van der Waals surface area contributed by atoms with E-state index in [-0.39, 0.29) is 0 Å². The summed E-state index contributed by atoms with van der Waals surface area (Å²) in [6.07, 6.45) is 1.44. The summed E-state index contributed by atoms with van der Waals surface area (Å²) in [5.74, 6) is 0.567. The Balaban J connectivity index is 2.28. The quantitative estimate of drug-likeness (QED) is 0.845. The molecule has 0 saturated heterocycles. The van der Waals surface area contributed by atoms with Crippen LogP contribution in [0.4, 0.5) is 0 Å². The molecule has 3 nitrogen and oxygen atoms in total. The molecule has 0 aliphatic heterocycles. The van der Waals surface area contributed by atoms with E-state index in [9.17, 15) is 0 Å². The van der Waals surface area contributed by atoms with Gasteiger partial charge in [-0.3, -0.25) is 0 Å². The van der Waals surface area contributed by atoms with Crippen molar-refractivity contribution in [2.24, 2.45) is 0 Å². The summed E-state index contributed by atoms with van der Waals surface area (Å²) in [4.78, 5) is 3.89. The number of ether oxygens (including phenoxy) is 1. The van der Waals surface area contributed by atoms with Crippen molar-refractivity contribution in [2.45, 2.75) is 0 Å². The van der Waals surface area contributed by atoms with Crippen molar-refractivity contribution in [2.75, 3.05) is 0 Å². The molecule has 0 aliphatic rings. The first kappa shape index (κ1) is 9.89. The van der Waals surface area contributed by atoms with Gasteiger partial charge in [0.15, 0.2) is 0 Å². The van der Waals surface area contributed by atoms with E-state index in [1.54, 1.807) is 12.1 Å². The third-order valence-electron chi connectivity index (χ3n) is 1.43. The van der Waals surface area contributed by atoms with Crippen LogP contribution < -0.4 is 4.74 Å². The summed E-state index contributed by atoms with van der Waals surface area (Å²) in [5, 5.41) is 1.02. The van der Waals surface area contributed by atoms with Crippen LogP contribution in [0.2, 0.25) is 5.02 Å². The molecule has 0 amide bonds. The fourth-order valence-corrected chi connectivity index (χ4v) is 1.76. The molecule has 1 aromatic heterocycles. The van der Waals surface area contributed by atoms with Crippen molar-refractivity contribution in [3.05, 3.63) is 34.0 Å². The Bertz CT molecular complexity index is 435. The first-order chi connectivity index (χ1) is 6.75. The maximum atomic E-state index is 5.92. The van der Waals surface area contributed by atoms with Gasteiger partial charge in [-0.15, -0.1) is 0 Å². The highest BCUT2D eigenvalue weighted by Gasteiger charge is 2.05. The maximum Gasteiger partial charge on any atom is 0.298 e. The van der Waals surface area contributed by atoms with Crippen molar-refractivity contribution in [1.29, 1.82) is 0 Å². The summed E-state index contributed by atoms with van der Waals surface area (Å²) in [6.45, 7) is 0. The predicted octanol–water partition coefficient (Wildman–Crippen LogP) is 3.75. The molecule has 14 heavy (non-hydrogen) atoms. The van der Waals surface area contributed by atoms with Crippen molar-refractivity contribution in [1.82, 2.24) is 9.36 Å². The first-order valence-electron chi connectivity index (χ1n) is 3.65. The molecule has 0 aliphatic carbocycles. The summed E-state index contributed by atoms with van der Waals surface area (Å²) in [7, 11) is 0. The second-order valence-electron chi connectivity index (χ2n) is 2.38. The van der Waals surface area contributed by atoms with Crippen molar-refractivity contribution in [3.63, 3.8) is 0 Å². The van der Waals surface area contributed by atoms with E-state index in [0.717, 1.165) is 4.47 Å². The zero-order valence-corrected chi connectivity index (χ0v) is 9.93. The summed E-state index contributed by atoms with van der Waals surface area (Å²) in [5.41, 5.74) is 0. The van der Waals surface area contributed by atoms with Crippen LogP contribution in [0.5, 0.6) is 10.9 Å². The van der Waals surface area contributed by atoms with Crippen LogP contribution in [-0.2, 0) is 0 Å². The Morgan fingerprint density at radius 2 is 2.29 bits per heavy atom. The topological polar surface area (TPSA) is 35.0 Å². The Labute approximate surface area is 98.0 Å². The molecule has 1 heterocycles. The van der Waals surface area contributed by atoms with Crippen LogP contribution in [0, 0.1) is 0 Å². The van der Waals surface area contributed by atoms with E-state index in [4.69, 9.17) is 16.3 Å². The zero-order valence-electron chi connectivity index (χ0n) is 6.78. The lowest BCUT2D eigenvalue weighted by Crippen LogP contribution is -1.83. The molecule has 0 saturated carbocycles. The van der Waals surface area contributed by atoms with Crippen LogP contribution in [-0.4, -0.2) is 9.36 Å². The van der Waals surface area contributed by atoms with Crippen LogP contribution in [0.3, 0.4) is 0 Å². The molecule has 0 N–H and O–H groups in total. The van der Waals surface area contributed by atoms with Crippen molar-refractivity contribution < 1.29 is 4.74 Å². The standard InChI is InChI=1S/C8H4BrClN2OS/c9-5-1-2-6(10)7(3-5)13-8-11-4-12-14-8/h1-4H. The molecule has 0 spiro atoms. The molecule has 0 atom stereocenters. The highest BCUT2D eigenvalue weighted by atomic mass is 79.9.